The molecule has 1 aliphatic heterocycles. The lowest BCUT2D eigenvalue weighted by molar-refractivity contribution is 0.124. The van der Waals surface area contributed by atoms with Crippen molar-refractivity contribution >= 4 is 15.9 Å². The lowest BCUT2D eigenvalue weighted by Crippen LogP contribution is -2.35. The maximum Gasteiger partial charge on any atom is 0.123 e. The second-order valence-electron chi connectivity index (χ2n) is 5.12. The van der Waals surface area contributed by atoms with Gasteiger partial charge in [0.25, 0.3) is 0 Å². The van der Waals surface area contributed by atoms with Crippen molar-refractivity contribution in [2.75, 3.05) is 26.4 Å². The molecule has 2 rings (SSSR count). The van der Waals surface area contributed by atoms with Crippen LogP contribution < -0.4 is 5.32 Å². The minimum absolute atomic E-state index is 0.0224. The van der Waals surface area contributed by atoms with Gasteiger partial charge in [0.15, 0.2) is 0 Å². The Labute approximate surface area is 121 Å². The van der Waals surface area contributed by atoms with E-state index in [1.807, 2.05) is 0 Å². The molecule has 3 nitrogen and oxygen atoms in total. The summed E-state index contributed by atoms with van der Waals surface area (Å²) in [6, 6.07) is 4.68. The number of hydrogen-bond acceptors (Lipinski definition) is 3. The summed E-state index contributed by atoms with van der Waals surface area (Å²) < 4.78 is 19.5. The maximum absolute atomic E-state index is 13.2. The quantitative estimate of drug-likeness (QED) is 0.841. The molecule has 1 aromatic rings. The molecule has 0 amide bonds. The first-order chi connectivity index (χ1) is 9.15. The Hall–Kier alpha value is -0.490. The molecule has 1 fully saturated rings. The summed E-state index contributed by atoms with van der Waals surface area (Å²) in [4.78, 5) is 0. The van der Waals surface area contributed by atoms with Crippen LogP contribution in [0.4, 0.5) is 4.39 Å². The Morgan fingerprint density at radius 1 is 1.47 bits per heavy atom. The monoisotopic (exact) mass is 331 g/mol. The average molecular weight is 332 g/mol. The van der Waals surface area contributed by atoms with Gasteiger partial charge in [-0.15, -0.1) is 0 Å². The van der Waals surface area contributed by atoms with Crippen LogP contribution in [0, 0.1) is 11.2 Å². The molecule has 2 N–H and O–H groups in total. The Morgan fingerprint density at radius 3 is 3.00 bits per heavy atom. The van der Waals surface area contributed by atoms with Gasteiger partial charge in [0, 0.05) is 36.2 Å². The van der Waals surface area contributed by atoms with E-state index in [-0.39, 0.29) is 17.8 Å². The van der Waals surface area contributed by atoms with Gasteiger partial charge in [-0.25, -0.2) is 4.39 Å². The third-order valence-electron chi connectivity index (χ3n) is 3.65. The van der Waals surface area contributed by atoms with Gasteiger partial charge in [-0.3, -0.25) is 0 Å². The van der Waals surface area contributed by atoms with E-state index in [2.05, 4.69) is 21.2 Å². The molecule has 0 aromatic heterocycles. The van der Waals surface area contributed by atoms with Gasteiger partial charge in [-0.05, 0) is 36.6 Å². The summed E-state index contributed by atoms with van der Waals surface area (Å²) in [5.41, 5.74) is 0.923. The van der Waals surface area contributed by atoms with Gasteiger partial charge in [0.2, 0.25) is 0 Å². The normalized spacial score (nSPS) is 22.9. The van der Waals surface area contributed by atoms with Crippen molar-refractivity contribution in [3.63, 3.8) is 0 Å². The number of rotatable bonds is 6. The smallest absolute Gasteiger partial charge is 0.123 e. The molecule has 0 saturated carbocycles. The molecule has 0 bridgehead atoms. The van der Waals surface area contributed by atoms with E-state index in [0.29, 0.717) is 13.2 Å². The molecule has 1 heterocycles. The van der Waals surface area contributed by atoms with Crippen molar-refractivity contribution in [2.45, 2.75) is 19.4 Å². The molecule has 1 aromatic carbocycles. The fraction of sp³-hybridized carbons (Fsp3) is 0.571. The first-order valence-corrected chi connectivity index (χ1v) is 7.28. The first kappa shape index (κ1) is 14.9. The number of benzene rings is 1. The van der Waals surface area contributed by atoms with Crippen molar-refractivity contribution in [1.29, 1.82) is 0 Å². The molecule has 1 atom stereocenters. The summed E-state index contributed by atoms with van der Waals surface area (Å²) in [7, 11) is 0. The lowest BCUT2D eigenvalue weighted by Gasteiger charge is -2.27. The number of aliphatic hydroxyl groups excluding tert-OH is 1. The second kappa shape index (κ2) is 6.79. The minimum atomic E-state index is -0.228. The van der Waals surface area contributed by atoms with Crippen LogP contribution >= 0.6 is 15.9 Å². The van der Waals surface area contributed by atoms with Gasteiger partial charge in [0.05, 0.1) is 6.61 Å². The topological polar surface area (TPSA) is 41.5 Å². The molecule has 0 spiro atoms. The molecule has 5 heteroatoms. The Balaban J connectivity index is 1.90. The third-order valence-corrected chi connectivity index (χ3v) is 4.42. The molecule has 1 saturated heterocycles. The highest BCUT2D eigenvalue weighted by Gasteiger charge is 2.33. The van der Waals surface area contributed by atoms with Crippen molar-refractivity contribution < 1.29 is 14.2 Å². The zero-order valence-electron chi connectivity index (χ0n) is 10.8. The van der Waals surface area contributed by atoms with Crippen molar-refractivity contribution in [3.8, 4) is 0 Å². The van der Waals surface area contributed by atoms with E-state index in [9.17, 15) is 4.39 Å². The van der Waals surface area contributed by atoms with Gasteiger partial charge >= 0.3 is 0 Å². The predicted octanol–water partition coefficient (Wildman–Crippen LogP) is 2.47. The molecular formula is C14H19BrFNO2. The number of ether oxygens (including phenoxy) is 1. The van der Waals surface area contributed by atoms with E-state index in [1.165, 1.54) is 12.1 Å². The van der Waals surface area contributed by atoms with E-state index >= 15 is 0 Å². The van der Waals surface area contributed by atoms with Crippen molar-refractivity contribution in [3.05, 3.63) is 34.1 Å². The molecule has 0 radical (unpaired) electrons. The van der Waals surface area contributed by atoms with Crippen LogP contribution in [0.2, 0.25) is 0 Å². The fourth-order valence-electron chi connectivity index (χ4n) is 2.45. The van der Waals surface area contributed by atoms with Crippen molar-refractivity contribution in [2.24, 2.45) is 5.41 Å². The van der Waals surface area contributed by atoms with Crippen LogP contribution in [0.1, 0.15) is 18.4 Å². The van der Waals surface area contributed by atoms with E-state index in [1.54, 1.807) is 6.07 Å². The Bertz CT molecular complexity index is 422. The zero-order chi connectivity index (χ0) is 13.7. The summed E-state index contributed by atoms with van der Waals surface area (Å²) in [6.07, 6.45) is 1.70. The fourth-order valence-corrected chi connectivity index (χ4v) is 2.84. The summed E-state index contributed by atoms with van der Waals surface area (Å²) in [6.45, 7) is 2.99. The van der Waals surface area contributed by atoms with Gasteiger partial charge in [-0.2, -0.15) is 0 Å². The molecule has 0 aliphatic carbocycles. The third kappa shape index (κ3) is 3.99. The number of hydrogen-bond donors (Lipinski definition) is 2. The number of aliphatic hydroxyl groups is 1. The largest absolute Gasteiger partial charge is 0.396 e. The molecule has 0 unspecified atom stereocenters. The SMILES string of the molecule is OCC[C@]1(CNCc2cc(F)ccc2Br)CCOC1. The number of nitrogens with one attached hydrogen (secondary N) is 1. The average Bonchev–Trinajstić information content (AvgIpc) is 2.83. The van der Waals surface area contributed by atoms with Crippen LogP contribution in [0.25, 0.3) is 0 Å². The van der Waals surface area contributed by atoms with E-state index < -0.39 is 0 Å². The Morgan fingerprint density at radius 2 is 2.32 bits per heavy atom. The Kier molecular flexibility index (Phi) is 5.33. The minimum Gasteiger partial charge on any atom is -0.396 e. The summed E-state index contributed by atoms with van der Waals surface area (Å²) in [5.74, 6) is -0.228. The standard InChI is InChI=1S/C14H19BrFNO2/c15-13-2-1-12(16)7-11(13)8-17-9-14(3-5-18)4-6-19-10-14/h1-2,7,17-18H,3-6,8-10H2/t14-/m1/s1. The van der Waals surface area contributed by atoms with Crippen LogP contribution in [-0.4, -0.2) is 31.5 Å². The second-order valence-corrected chi connectivity index (χ2v) is 5.97. The molecule has 19 heavy (non-hydrogen) atoms. The highest BCUT2D eigenvalue weighted by molar-refractivity contribution is 9.10. The van der Waals surface area contributed by atoms with Crippen LogP contribution in [0.5, 0.6) is 0 Å². The van der Waals surface area contributed by atoms with E-state index in [4.69, 9.17) is 9.84 Å². The van der Waals surface area contributed by atoms with Crippen LogP contribution in [0.15, 0.2) is 22.7 Å². The number of halogens is 2. The maximum atomic E-state index is 13.2. The highest BCUT2D eigenvalue weighted by Crippen LogP contribution is 2.31. The van der Waals surface area contributed by atoms with Crippen LogP contribution in [-0.2, 0) is 11.3 Å². The van der Waals surface area contributed by atoms with Gasteiger partial charge in [0.1, 0.15) is 5.82 Å². The van der Waals surface area contributed by atoms with Gasteiger partial charge in [-0.1, -0.05) is 15.9 Å². The van der Waals surface area contributed by atoms with E-state index in [0.717, 1.165) is 36.0 Å². The summed E-state index contributed by atoms with van der Waals surface area (Å²) >= 11 is 3.42. The highest BCUT2D eigenvalue weighted by atomic mass is 79.9. The first-order valence-electron chi connectivity index (χ1n) is 6.48. The molecule has 106 valence electrons. The zero-order valence-corrected chi connectivity index (χ0v) is 12.4. The van der Waals surface area contributed by atoms with Crippen LogP contribution in [0.3, 0.4) is 0 Å². The lowest BCUT2D eigenvalue weighted by atomic mass is 9.84. The summed E-state index contributed by atoms with van der Waals surface area (Å²) in [5, 5.41) is 12.5. The molecular weight excluding hydrogens is 313 g/mol. The van der Waals surface area contributed by atoms with Gasteiger partial charge < -0.3 is 15.2 Å². The molecule has 1 aliphatic rings. The van der Waals surface area contributed by atoms with Crippen molar-refractivity contribution in [1.82, 2.24) is 5.32 Å². The predicted molar refractivity (Wildman–Crippen MR) is 75.4 cm³/mol.